The fraction of sp³-hybridized carbons (Fsp3) is 0. The molecule has 5 N–H and O–H groups in total. The Hall–Kier alpha value is 0.215. The van der Waals surface area contributed by atoms with Gasteiger partial charge in [0.05, 0.1) is 0 Å². The Morgan fingerprint density at radius 2 is 1.22 bits per heavy atom. The standard InChI is InChI=1S/CH2O3.BH3O3.Na.H/c2*2-1(3)4;;/h(H2,2,3,4);2-4H;;/q;;+1;-1. The molecule has 8 heteroatoms. The first kappa shape index (κ1) is 16.1. The van der Waals surface area contributed by atoms with E-state index in [1.807, 2.05) is 0 Å². The van der Waals surface area contributed by atoms with Crippen molar-refractivity contribution in [1.82, 2.24) is 0 Å². The minimum Gasteiger partial charge on any atom is -1.00 e. The second-order valence-corrected chi connectivity index (χ2v) is 0.629. The molecule has 0 saturated carbocycles. The Balaban J connectivity index is -0.0000000300. The molecule has 0 aliphatic carbocycles. The SMILES string of the molecule is O=C(O)O.OB(O)O.[H-].[Na+]. The first-order chi connectivity index (χ1) is 3.46. The average Bonchev–Trinajstić information content (AvgIpc) is 1.25. The van der Waals surface area contributed by atoms with E-state index >= 15 is 0 Å². The summed E-state index contributed by atoms with van der Waals surface area (Å²) in [6, 6.07) is 0. The molecule has 0 amide bonds. The van der Waals surface area contributed by atoms with E-state index in [1.165, 1.54) is 0 Å². The van der Waals surface area contributed by atoms with Crippen LogP contribution in [0.25, 0.3) is 0 Å². The van der Waals surface area contributed by atoms with Gasteiger partial charge in [0.2, 0.25) is 0 Å². The summed E-state index contributed by atoms with van der Waals surface area (Å²) in [7, 11) is -2.17. The first-order valence-electron chi connectivity index (χ1n) is 1.43. The average molecular weight is 148 g/mol. The van der Waals surface area contributed by atoms with Crippen molar-refractivity contribution in [2.24, 2.45) is 0 Å². The van der Waals surface area contributed by atoms with Crippen LogP contribution in [0.4, 0.5) is 4.79 Å². The molecule has 0 fully saturated rings. The molecule has 9 heavy (non-hydrogen) atoms. The summed E-state index contributed by atoms with van der Waals surface area (Å²) in [6.07, 6.45) is -1.83. The molecule has 0 spiro atoms. The molecule has 0 unspecified atom stereocenters. The quantitative estimate of drug-likeness (QED) is 0.220. The van der Waals surface area contributed by atoms with Gasteiger partial charge >= 0.3 is 43.0 Å². The van der Waals surface area contributed by atoms with Crippen molar-refractivity contribution in [2.45, 2.75) is 0 Å². The number of rotatable bonds is 0. The number of carboxylic acid groups (broad SMARTS) is 2. The van der Waals surface area contributed by atoms with Crippen LogP contribution in [0.3, 0.4) is 0 Å². The number of hydrogen-bond acceptors (Lipinski definition) is 4. The molecule has 0 atom stereocenters. The van der Waals surface area contributed by atoms with Crippen molar-refractivity contribution >= 4 is 13.5 Å². The minimum atomic E-state index is -2.17. The van der Waals surface area contributed by atoms with Crippen molar-refractivity contribution in [3.05, 3.63) is 0 Å². The van der Waals surface area contributed by atoms with E-state index < -0.39 is 13.5 Å². The summed E-state index contributed by atoms with van der Waals surface area (Å²) < 4.78 is 0. The van der Waals surface area contributed by atoms with Crippen LogP contribution in [0.15, 0.2) is 0 Å². The molecular formula is CH6BNaO6. The smallest absolute Gasteiger partial charge is 1.00 e. The van der Waals surface area contributed by atoms with Gasteiger partial charge in [-0.2, -0.15) is 0 Å². The van der Waals surface area contributed by atoms with Gasteiger partial charge in [-0.05, 0) is 0 Å². The summed E-state index contributed by atoms with van der Waals surface area (Å²) in [5.74, 6) is 0. The van der Waals surface area contributed by atoms with Crippen LogP contribution in [0.2, 0.25) is 0 Å². The van der Waals surface area contributed by atoms with Gasteiger partial charge in [-0.25, -0.2) is 4.79 Å². The molecule has 0 aromatic rings. The van der Waals surface area contributed by atoms with Gasteiger partial charge in [0.1, 0.15) is 0 Å². The van der Waals surface area contributed by atoms with Gasteiger partial charge < -0.3 is 26.7 Å². The van der Waals surface area contributed by atoms with Crippen molar-refractivity contribution in [3.8, 4) is 0 Å². The van der Waals surface area contributed by atoms with Crippen LogP contribution in [-0.4, -0.2) is 38.8 Å². The predicted octanol–water partition coefficient (Wildman–Crippen LogP) is -4.71. The van der Waals surface area contributed by atoms with E-state index in [2.05, 4.69) is 0 Å². The van der Waals surface area contributed by atoms with Gasteiger partial charge in [0, 0.05) is 0 Å². The molecule has 6 nitrogen and oxygen atoms in total. The van der Waals surface area contributed by atoms with Crippen LogP contribution < -0.4 is 29.6 Å². The third-order valence-electron chi connectivity index (χ3n) is 0. The van der Waals surface area contributed by atoms with Gasteiger partial charge in [-0.3, -0.25) is 0 Å². The largest absolute Gasteiger partial charge is 1.00 e. The van der Waals surface area contributed by atoms with Crippen LogP contribution in [0, 0.1) is 0 Å². The maximum atomic E-state index is 8.56. The molecule has 0 radical (unpaired) electrons. The summed E-state index contributed by atoms with van der Waals surface area (Å²) in [5.41, 5.74) is 0. The third-order valence-corrected chi connectivity index (χ3v) is 0. The minimum absolute atomic E-state index is 0. The van der Waals surface area contributed by atoms with E-state index in [0.717, 1.165) is 0 Å². The maximum Gasteiger partial charge on any atom is 1.00 e. The van der Waals surface area contributed by atoms with Crippen LogP contribution in [0.1, 0.15) is 1.43 Å². The van der Waals surface area contributed by atoms with Gasteiger partial charge in [0.25, 0.3) is 0 Å². The first-order valence-corrected chi connectivity index (χ1v) is 1.43. The molecule has 0 aliphatic rings. The van der Waals surface area contributed by atoms with E-state index in [-0.39, 0.29) is 31.0 Å². The molecule has 50 valence electrons. The van der Waals surface area contributed by atoms with Crippen molar-refractivity contribution < 1.29 is 61.1 Å². The fourth-order valence-electron chi connectivity index (χ4n) is 0. The second-order valence-electron chi connectivity index (χ2n) is 0.629. The topological polar surface area (TPSA) is 118 Å². The summed E-state index contributed by atoms with van der Waals surface area (Å²) in [4.78, 5) is 8.56. The van der Waals surface area contributed by atoms with Crippen molar-refractivity contribution in [1.29, 1.82) is 0 Å². The summed E-state index contributed by atoms with van der Waals surface area (Å²) in [6.45, 7) is 0. The normalized spacial score (nSPS) is 5.67. The molecule has 0 rings (SSSR count). The fourth-order valence-corrected chi connectivity index (χ4v) is 0. The molecule has 0 aromatic heterocycles. The van der Waals surface area contributed by atoms with Gasteiger partial charge in [-0.15, -0.1) is 0 Å². The third kappa shape index (κ3) is 6870. The van der Waals surface area contributed by atoms with Crippen LogP contribution in [0.5, 0.6) is 0 Å². The zero-order valence-corrected chi connectivity index (χ0v) is 6.72. The Morgan fingerprint density at radius 1 is 1.22 bits per heavy atom. The molecule has 0 bridgehead atoms. The maximum absolute atomic E-state index is 8.56. The van der Waals surface area contributed by atoms with Crippen molar-refractivity contribution in [2.75, 3.05) is 0 Å². The van der Waals surface area contributed by atoms with Gasteiger partial charge in [-0.1, -0.05) is 0 Å². The van der Waals surface area contributed by atoms with E-state index in [4.69, 9.17) is 30.1 Å². The molecule has 0 heterocycles. The van der Waals surface area contributed by atoms with Crippen molar-refractivity contribution in [3.63, 3.8) is 0 Å². The van der Waals surface area contributed by atoms with Gasteiger partial charge in [0.15, 0.2) is 0 Å². The zero-order valence-electron chi connectivity index (χ0n) is 5.72. The van der Waals surface area contributed by atoms with E-state index in [1.54, 1.807) is 0 Å². The molecule has 0 saturated heterocycles. The monoisotopic (exact) mass is 148 g/mol. The predicted molar refractivity (Wildman–Crippen MR) is 24.2 cm³/mol. The summed E-state index contributed by atoms with van der Waals surface area (Å²) >= 11 is 0. The zero-order chi connectivity index (χ0) is 7.15. The molecular weight excluding hydrogens is 142 g/mol. The van der Waals surface area contributed by atoms with E-state index in [9.17, 15) is 0 Å². The number of hydrogen-bond donors (Lipinski definition) is 5. The molecule has 0 aliphatic heterocycles. The Bertz CT molecular complexity index is 62.0. The Kier molecular flexibility index (Phi) is 19.8. The second kappa shape index (κ2) is 11.1. The Morgan fingerprint density at radius 3 is 1.22 bits per heavy atom. The molecule has 0 aromatic carbocycles. The Labute approximate surface area is 74.7 Å². The van der Waals surface area contributed by atoms with Crippen LogP contribution >= 0.6 is 0 Å². The number of carbonyl (C=O) groups is 1. The summed E-state index contributed by atoms with van der Waals surface area (Å²) in [5, 5.41) is 35.4. The van der Waals surface area contributed by atoms with E-state index in [0.29, 0.717) is 0 Å². The van der Waals surface area contributed by atoms with Crippen LogP contribution in [-0.2, 0) is 0 Å².